The Hall–Kier alpha value is -1.04. The Morgan fingerprint density at radius 1 is 1.54 bits per heavy atom. The van der Waals surface area contributed by atoms with Gasteiger partial charge < -0.3 is 4.90 Å². The van der Waals surface area contributed by atoms with Gasteiger partial charge in [-0.2, -0.15) is 5.10 Å². The predicted molar refractivity (Wildman–Crippen MR) is 47.4 cm³/mol. The first kappa shape index (κ1) is 8.55. The van der Waals surface area contributed by atoms with E-state index in [1.165, 1.54) is 0 Å². The van der Waals surface area contributed by atoms with Crippen LogP contribution in [0.1, 0.15) is 6.42 Å². The van der Waals surface area contributed by atoms with Gasteiger partial charge in [0.05, 0.1) is 0 Å². The molecule has 1 saturated heterocycles. The van der Waals surface area contributed by atoms with Crippen LogP contribution in [-0.2, 0) is 9.84 Å². The van der Waals surface area contributed by atoms with Crippen LogP contribution in [0.2, 0.25) is 0 Å². The number of anilines is 1. The lowest BCUT2D eigenvalue weighted by Gasteiger charge is -2.32. The lowest BCUT2D eigenvalue weighted by atomic mass is 10.2. The molecular weight excluding hydrogens is 190 g/mol. The number of nitrogens with one attached hydrogen (secondary N) is 1. The highest BCUT2D eigenvalue weighted by atomic mass is 32.2. The van der Waals surface area contributed by atoms with Gasteiger partial charge in [0.1, 0.15) is 11.9 Å². The summed E-state index contributed by atoms with van der Waals surface area (Å²) >= 11 is 0. The number of H-pyrrole nitrogens is 1. The standard InChI is InChI=1S/C7H10N3O2S/c1-13(11,12)7-6(5-8-9-7)10-3-2-4-10/h2-4H2,1H3,(H,8,9). The number of aromatic nitrogens is 2. The zero-order chi connectivity index (χ0) is 9.47. The van der Waals surface area contributed by atoms with E-state index in [4.69, 9.17) is 0 Å². The quantitative estimate of drug-likeness (QED) is 0.719. The highest BCUT2D eigenvalue weighted by molar-refractivity contribution is 7.90. The third-order valence-corrected chi connectivity index (χ3v) is 3.10. The van der Waals surface area contributed by atoms with Crippen LogP contribution >= 0.6 is 0 Å². The number of nitrogens with zero attached hydrogens (tertiary/aromatic N) is 2. The Morgan fingerprint density at radius 3 is 2.69 bits per heavy atom. The number of aromatic amines is 1. The molecule has 0 aliphatic carbocycles. The molecule has 1 radical (unpaired) electrons. The fraction of sp³-hybridized carbons (Fsp3) is 0.571. The first-order valence-corrected chi connectivity index (χ1v) is 5.89. The lowest BCUT2D eigenvalue weighted by molar-refractivity contribution is 0.589. The van der Waals surface area contributed by atoms with Crippen molar-refractivity contribution in [2.24, 2.45) is 0 Å². The van der Waals surface area contributed by atoms with Crippen LogP contribution in [0.5, 0.6) is 0 Å². The molecule has 1 aliphatic rings. The summed E-state index contributed by atoms with van der Waals surface area (Å²) in [6.45, 7) is 1.77. The Morgan fingerprint density at radius 2 is 2.23 bits per heavy atom. The largest absolute Gasteiger partial charge is 0.367 e. The summed E-state index contributed by atoms with van der Waals surface area (Å²) in [5.74, 6) is 0. The molecule has 2 heterocycles. The predicted octanol–water partition coefficient (Wildman–Crippen LogP) is -0.177. The molecule has 0 atom stereocenters. The molecule has 71 valence electrons. The average molecular weight is 200 g/mol. The molecule has 13 heavy (non-hydrogen) atoms. The minimum atomic E-state index is -3.20. The second kappa shape index (κ2) is 2.73. The van der Waals surface area contributed by atoms with E-state index in [2.05, 4.69) is 16.4 Å². The molecule has 6 heteroatoms. The van der Waals surface area contributed by atoms with Gasteiger partial charge in [0, 0.05) is 19.3 Å². The second-order valence-electron chi connectivity index (χ2n) is 3.13. The Labute approximate surface area is 76.7 Å². The third kappa shape index (κ3) is 1.41. The van der Waals surface area contributed by atoms with E-state index in [1.807, 2.05) is 4.90 Å². The molecule has 2 rings (SSSR count). The van der Waals surface area contributed by atoms with E-state index >= 15 is 0 Å². The molecular formula is C7H10N3O2S. The van der Waals surface area contributed by atoms with Crippen molar-refractivity contribution < 1.29 is 8.42 Å². The molecule has 0 aromatic carbocycles. The van der Waals surface area contributed by atoms with Crippen molar-refractivity contribution in [1.82, 2.24) is 10.2 Å². The number of sulfone groups is 1. The summed E-state index contributed by atoms with van der Waals surface area (Å²) in [6.07, 6.45) is 4.92. The monoisotopic (exact) mass is 200 g/mol. The summed E-state index contributed by atoms with van der Waals surface area (Å²) in [5.41, 5.74) is 0.578. The fourth-order valence-corrected chi connectivity index (χ4v) is 1.99. The normalized spacial score (nSPS) is 17.2. The first-order valence-electron chi connectivity index (χ1n) is 4.00. The van der Waals surface area contributed by atoms with Gasteiger partial charge in [0.2, 0.25) is 0 Å². The van der Waals surface area contributed by atoms with Crippen molar-refractivity contribution in [2.45, 2.75) is 11.4 Å². The second-order valence-corrected chi connectivity index (χ2v) is 5.08. The Bertz CT molecular complexity index is 405. The number of hydrogen-bond donors (Lipinski definition) is 1. The van der Waals surface area contributed by atoms with Crippen LogP contribution < -0.4 is 4.90 Å². The maximum Gasteiger partial charge on any atom is 0.194 e. The maximum atomic E-state index is 11.2. The molecule has 1 N–H and O–H groups in total. The number of hydrogen-bond acceptors (Lipinski definition) is 4. The zero-order valence-corrected chi connectivity index (χ0v) is 8.06. The minimum Gasteiger partial charge on any atom is -0.367 e. The van der Waals surface area contributed by atoms with E-state index in [0.717, 1.165) is 25.8 Å². The molecule has 0 spiro atoms. The number of rotatable bonds is 2. The van der Waals surface area contributed by atoms with Gasteiger partial charge in [-0.05, 0) is 6.42 Å². The smallest absolute Gasteiger partial charge is 0.194 e. The minimum absolute atomic E-state index is 0.173. The van der Waals surface area contributed by atoms with Crippen LogP contribution in [-0.4, -0.2) is 38.0 Å². The van der Waals surface area contributed by atoms with E-state index in [0.29, 0.717) is 5.69 Å². The SMILES string of the molecule is CS(=O)(=O)c1[nH]n[c]c1N1CCC1. The Kier molecular flexibility index (Phi) is 1.80. The average Bonchev–Trinajstić information content (AvgIpc) is 2.29. The van der Waals surface area contributed by atoms with Gasteiger partial charge >= 0.3 is 0 Å². The fourth-order valence-electron chi connectivity index (χ4n) is 1.25. The topological polar surface area (TPSA) is 66.1 Å². The lowest BCUT2D eigenvalue weighted by Crippen LogP contribution is -2.37. The molecule has 1 fully saturated rings. The Balaban J connectivity index is 2.41. The van der Waals surface area contributed by atoms with Crippen LogP contribution in [0.4, 0.5) is 5.69 Å². The molecule has 0 unspecified atom stereocenters. The van der Waals surface area contributed by atoms with E-state index < -0.39 is 9.84 Å². The first-order chi connectivity index (χ1) is 6.09. The summed E-state index contributed by atoms with van der Waals surface area (Å²) in [5, 5.41) is 6.25. The van der Waals surface area contributed by atoms with E-state index in [-0.39, 0.29) is 5.03 Å². The third-order valence-electron chi connectivity index (χ3n) is 2.08. The van der Waals surface area contributed by atoms with Crippen molar-refractivity contribution in [2.75, 3.05) is 24.2 Å². The summed E-state index contributed by atoms with van der Waals surface area (Å²) in [6, 6.07) is 0. The highest BCUT2D eigenvalue weighted by Crippen LogP contribution is 2.25. The van der Waals surface area contributed by atoms with Gasteiger partial charge in [-0.15, -0.1) is 0 Å². The summed E-state index contributed by atoms with van der Waals surface area (Å²) < 4.78 is 22.5. The van der Waals surface area contributed by atoms with Crippen molar-refractivity contribution in [3.63, 3.8) is 0 Å². The molecule has 1 aromatic heterocycles. The molecule has 1 aromatic rings. The van der Waals surface area contributed by atoms with Gasteiger partial charge in [0.15, 0.2) is 14.9 Å². The van der Waals surface area contributed by atoms with Gasteiger partial charge in [-0.3, -0.25) is 5.10 Å². The van der Waals surface area contributed by atoms with Crippen molar-refractivity contribution in [1.29, 1.82) is 0 Å². The van der Waals surface area contributed by atoms with Crippen LogP contribution in [0.15, 0.2) is 5.03 Å². The van der Waals surface area contributed by atoms with Crippen molar-refractivity contribution in [3.8, 4) is 0 Å². The van der Waals surface area contributed by atoms with Gasteiger partial charge in [-0.1, -0.05) is 0 Å². The van der Waals surface area contributed by atoms with Gasteiger partial charge in [0.25, 0.3) is 0 Å². The maximum absolute atomic E-state index is 11.2. The molecule has 0 bridgehead atoms. The van der Waals surface area contributed by atoms with Crippen LogP contribution in [0, 0.1) is 6.20 Å². The highest BCUT2D eigenvalue weighted by Gasteiger charge is 2.24. The van der Waals surface area contributed by atoms with Crippen LogP contribution in [0.3, 0.4) is 0 Å². The molecule has 1 aliphatic heterocycles. The molecule has 0 saturated carbocycles. The van der Waals surface area contributed by atoms with Crippen molar-refractivity contribution in [3.05, 3.63) is 6.20 Å². The van der Waals surface area contributed by atoms with Gasteiger partial charge in [-0.25, -0.2) is 8.42 Å². The summed E-state index contributed by atoms with van der Waals surface area (Å²) in [4.78, 5) is 1.94. The molecule has 5 nitrogen and oxygen atoms in total. The van der Waals surface area contributed by atoms with Crippen LogP contribution in [0.25, 0.3) is 0 Å². The van der Waals surface area contributed by atoms with E-state index in [9.17, 15) is 8.42 Å². The zero-order valence-electron chi connectivity index (χ0n) is 7.24. The molecule has 0 amide bonds. The van der Waals surface area contributed by atoms with E-state index in [1.54, 1.807) is 0 Å². The van der Waals surface area contributed by atoms with Crippen molar-refractivity contribution >= 4 is 15.5 Å². The summed E-state index contributed by atoms with van der Waals surface area (Å²) in [7, 11) is -3.20.